The SMILES string of the molecule is COC(=O)C(C)(O)Cn1ccn2nccc2c1=O. The smallest absolute Gasteiger partial charge is 0.339 e. The van der Waals surface area contributed by atoms with Crippen molar-refractivity contribution in [3.63, 3.8) is 0 Å². The molecular weight excluding hydrogens is 238 g/mol. The molecule has 7 nitrogen and oxygen atoms in total. The van der Waals surface area contributed by atoms with E-state index < -0.39 is 11.6 Å². The Hall–Kier alpha value is -2.15. The van der Waals surface area contributed by atoms with Gasteiger partial charge in [-0.25, -0.2) is 9.31 Å². The fourth-order valence-electron chi connectivity index (χ4n) is 1.70. The number of aliphatic hydroxyl groups is 1. The number of hydrogen-bond acceptors (Lipinski definition) is 5. The first-order valence-corrected chi connectivity index (χ1v) is 5.29. The van der Waals surface area contributed by atoms with Gasteiger partial charge in [-0.15, -0.1) is 0 Å². The van der Waals surface area contributed by atoms with Crippen molar-refractivity contribution in [3.05, 3.63) is 35.0 Å². The van der Waals surface area contributed by atoms with E-state index >= 15 is 0 Å². The first-order chi connectivity index (χ1) is 8.45. The van der Waals surface area contributed by atoms with Crippen molar-refractivity contribution < 1.29 is 14.6 Å². The molecule has 0 saturated carbocycles. The fourth-order valence-corrected chi connectivity index (χ4v) is 1.70. The van der Waals surface area contributed by atoms with Crippen LogP contribution in [0.3, 0.4) is 0 Å². The molecule has 0 bridgehead atoms. The molecule has 1 N–H and O–H groups in total. The molecule has 0 spiro atoms. The number of carbonyl (C=O) groups excluding carboxylic acids is 1. The molecular formula is C11H13N3O4. The van der Waals surface area contributed by atoms with Crippen LogP contribution in [0.15, 0.2) is 29.5 Å². The minimum absolute atomic E-state index is 0.180. The van der Waals surface area contributed by atoms with Crippen LogP contribution < -0.4 is 5.56 Å². The van der Waals surface area contributed by atoms with Crippen molar-refractivity contribution in [2.45, 2.75) is 19.1 Å². The van der Waals surface area contributed by atoms with Crippen LogP contribution in [0.25, 0.3) is 5.52 Å². The van der Waals surface area contributed by atoms with Crippen molar-refractivity contribution in [2.75, 3.05) is 7.11 Å². The molecule has 1 atom stereocenters. The number of aromatic nitrogens is 3. The lowest BCUT2D eigenvalue weighted by Crippen LogP contribution is -2.43. The van der Waals surface area contributed by atoms with Gasteiger partial charge < -0.3 is 14.4 Å². The van der Waals surface area contributed by atoms with Gasteiger partial charge in [0.25, 0.3) is 5.56 Å². The normalized spacial score (nSPS) is 14.4. The quantitative estimate of drug-likeness (QED) is 0.738. The Balaban J connectivity index is 2.41. The van der Waals surface area contributed by atoms with E-state index in [9.17, 15) is 14.7 Å². The third-order valence-corrected chi connectivity index (χ3v) is 2.64. The van der Waals surface area contributed by atoms with Gasteiger partial charge in [-0.1, -0.05) is 0 Å². The maximum atomic E-state index is 12.0. The number of esters is 1. The molecule has 2 heterocycles. The Bertz CT molecular complexity index is 641. The minimum atomic E-state index is -1.75. The van der Waals surface area contributed by atoms with Gasteiger partial charge in [-0.05, 0) is 13.0 Å². The summed E-state index contributed by atoms with van der Waals surface area (Å²) in [7, 11) is 1.18. The zero-order valence-electron chi connectivity index (χ0n) is 10.0. The average molecular weight is 251 g/mol. The minimum Gasteiger partial charge on any atom is -0.467 e. The van der Waals surface area contributed by atoms with Crippen LogP contribution in [0, 0.1) is 0 Å². The first-order valence-electron chi connectivity index (χ1n) is 5.29. The van der Waals surface area contributed by atoms with Crippen molar-refractivity contribution in [1.29, 1.82) is 0 Å². The van der Waals surface area contributed by atoms with Gasteiger partial charge in [0.15, 0.2) is 5.60 Å². The van der Waals surface area contributed by atoms with Crippen LogP contribution in [-0.4, -0.2) is 38.0 Å². The highest BCUT2D eigenvalue weighted by Gasteiger charge is 2.32. The Kier molecular flexibility index (Phi) is 2.92. The van der Waals surface area contributed by atoms with Gasteiger partial charge in [-0.2, -0.15) is 5.10 Å². The lowest BCUT2D eigenvalue weighted by Gasteiger charge is -2.21. The van der Waals surface area contributed by atoms with Gasteiger partial charge in [-0.3, -0.25) is 4.79 Å². The van der Waals surface area contributed by atoms with E-state index in [-0.39, 0.29) is 12.1 Å². The largest absolute Gasteiger partial charge is 0.467 e. The standard InChI is InChI=1S/C11H13N3O4/c1-11(17,10(16)18-2)7-13-5-6-14-8(9(13)15)3-4-12-14/h3-6,17H,7H2,1-2H3. The van der Waals surface area contributed by atoms with Crippen molar-refractivity contribution in [1.82, 2.24) is 14.2 Å². The summed E-state index contributed by atoms with van der Waals surface area (Å²) in [6, 6.07) is 1.56. The molecule has 2 aromatic rings. The number of ether oxygens (including phenoxy) is 1. The predicted molar refractivity (Wildman–Crippen MR) is 62.1 cm³/mol. The summed E-state index contributed by atoms with van der Waals surface area (Å²) in [5.74, 6) is -0.789. The average Bonchev–Trinajstić information content (AvgIpc) is 2.80. The summed E-state index contributed by atoms with van der Waals surface area (Å²) in [4.78, 5) is 23.4. The number of rotatable bonds is 3. The molecule has 0 aliphatic carbocycles. The second kappa shape index (κ2) is 4.26. The van der Waals surface area contributed by atoms with E-state index in [4.69, 9.17) is 0 Å². The van der Waals surface area contributed by atoms with Crippen molar-refractivity contribution in [3.8, 4) is 0 Å². The topological polar surface area (TPSA) is 85.8 Å². The zero-order chi connectivity index (χ0) is 13.3. The number of carbonyl (C=O) groups is 1. The molecule has 0 radical (unpaired) electrons. The molecule has 18 heavy (non-hydrogen) atoms. The molecule has 96 valence electrons. The van der Waals surface area contributed by atoms with E-state index in [1.807, 2.05) is 0 Å². The van der Waals surface area contributed by atoms with Crippen LogP contribution in [0.1, 0.15) is 6.92 Å². The van der Waals surface area contributed by atoms with Gasteiger partial charge in [0.05, 0.1) is 19.9 Å². The first kappa shape index (κ1) is 12.3. The second-order valence-electron chi connectivity index (χ2n) is 4.16. The highest BCUT2D eigenvalue weighted by atomic mass is 16.5. The second-order valence-corrected chi connectivity index (χ2v) is 4.16. The summed E-state index contributed by atoms with van der Waals surface area (Å²) < 4.78 is 7.14. The van der Waals surface area contributed by atoms with Crippen LogP contribution >= 0.6 is 0 Å². The Morgan fingerprint density at radius 2 is 2.28 bits per heavy atom. The van der Waals surface area contributed by atoms with Crippen LogP contribution in [0.4, 0.5) is 0 Å². The van der Waals surface area contributed by atoms with E-state index in [2.05, 4.69) is 9.84 Å². The maximum Gasteiger partial charge on any atom is 0.339 e. The Morgan fingerprint density at radius 3 is 2.94 bits per heavy atom. The Labute approximate surface area is 102 Å². The summed E-state index contributed by atoms with van der Waals surface area (Å²) >= 11 is 0. The van der Waals surface area contributed by atoms with Crippen LogP contribution in [0.2, 0.25) is 0 Å². The molecule has 0 fully saturated rings. The molecule has 1 unspecified atom stereocenters. The monoisotopic (exact) mass is 251 g/mol. The van der Waals surface area contributed by atoms with E-state index in [1.54, 1.807) is 12.3 Å². The lowest BCUT2D eigenvalue weighted by atomic mass is 10.1. The van der Waals surface area contributed by atoms with E-state index in [0.717, 1.165) is 0 Å². The third-order valence-electron chi connectivity index (χ3n) is 2.64. The van der Waals surface area contributed by atoms with E-state index in [1.165, 1.54) is 35.5 Å². The molecule has 2 rings (SSSR count). The molecule has 7 heteroatoms. The molecule has 2 aromatic heterocycles. The number of methoxy groups -OCH3 is 1. The molecule has 0 aromatic carbocycles. The fraction of sp³-hybridized carbons (Fsp3) is 0.364. The van der Waals surface area contributed by atoms with Gasteiger partial charge in [0.1, 0.15) is 5.52 Å². The highest BCUT2D eigenvalue weighted by molar-refractivity contribution is 5.78. The van der Waals surface area contributed by atoms with Gasteiger partial charge in [0.2, 0.25) is 0 Å². The van der Waals surface area contributed by atoms with Crippen molar-refractivity contribution >= 4 is 11.5 Å². The Morgan fingerprint density at radius 1 is 1.56 bits per heavy atom. The lowest BCUT2D eigenvalue weighted by molar-refractivity contribution is -0.161. The molecule has 0 aliphatic rings. The molecule has 0 aliphatic heterocycles. The molecule has 0 saturated heterocycles. The van der Waals surface area contributed by atoms with Gasteiger partial charge >= 0.3 is 5.97 Å². The van der Waals surface area contributed by atoms with Crippen LogP contribution in [-0.2, 0) is 16.1 Å². The summed E-state index contributed by atoms with van der Waals surface area (Å²) in [5.41, 5.74) is -1.71. The zero-order valence-corrected chi connectivity index (χ0v) is 10.0. The highest BCUT2D eigenvalue weighted by Crippen LogP contribution is 2.08. The predicted octanol–water partition coefficient (Wildman–Crippen LogP) is -0.580. The number of hydrogen-bond donors (Lipinski definition) is 1. The number of nitrogens with zero attached hydrogens (tertiary/aromatic N) is 3. The number of fused-ring (bicyclic) bond motifs is 1. The van der Waals surface area contributed by atoms with Crippen LogP contribution in [0.5, 0.6) is 0 Å². The molecule has 0 amide bonds. The van der Waals surface area contributed by atoms with E-state index in [0.29, 0.717) is 5.52 Å². The summed E-state index contributed by atoms with van der Waals surface area (Å²) in [6.07, 6.45) is 4.53. The third kappa shape index (κ3) is 2.00. The summed E-state index contributed by atoms with van der Waals surface area (Å²) in [6.45, 7) is 1.12. The maximum absolute atomic E-state index is 12.0. The van der Waals surface area contributed by atoms with Crippen molar-refractivity contribution in [2.24, 2.45) is 0 Å². The summed E-state index contributed by atoms with van der Waals surface area (Å²) in [5, 5.41) is 13.8. The van der Waals surface area contributed by atoms with Gasteiger partial charge in [0, 0.05) is 12.4 Å².